The molecule has 7 nitrogen and oxygen atoms in total. The van der Waals surface area contributed by atoms with Crippen LogP contribution in [0.15, 0.2) is 35.2 Å². The Bertz CT molecular complexity index is 1130. The molecular formula is C18H21ClN2O5S2. The van der Waals surface area contributed by atoms with Crippen LogP contribution >= 0.6 is 11.6 Å². The van der Waals surface area contributed by atoms with Gasteiger partial charge in [0, 0.05) is 6.54 Å². The van der Waals surface area contributed by atoms with Crippen molar-refractivity contribution in [2.75, 3.05) is 28.4 Å². The van der Waals surface area contributed by atoms with Gasteiger partial charge in [-0.05, 0) is 61.7 Å². The fourth-order valence-corrected chi connectivity index (χ4v) is 6.15. The first-order valence-electron chi connectivity index (χ1n) is 8.53. The van der Waals surface area contributed by atoms with Gasteiger partial charge in [0.15, 0.2) is 0 Å². The highest BCUT2D eigenvalue weighted by molar-refractivity contribution is 7.93. The number of rotatable bonds is 5. The van der Waals surface area contributed by atoms with Crippen LogP contribution in [0.1, 0.15) is 17.5 Å². The fourth-order valence-electron chi connectivity index (χ4n) is 3.00. The molecular weight excluding hydrogens is 424 g/mol. The molecule has 0 bridgehead atoms. The standard InChI is InChI=1S/C18H21ClN2O5S2/c1-12-9-17(26-3)18(10-13(12)2)28(24,25)20-16-6-5-14(11-15(16)19)21-7-4-8-27(21,22)23/h5-6,9-11,20H,4,7-8H2,1-3H3. The summed E-state index contributed by atoms with van der Waals surface area (Å²) in [6, 6.07) is 7.63. The van der Waals surface area contributed by atoms with E-state index >= 15 is 0 Å². The molecule has 1 heterocycles. The molecule has 1 aliphatic rings. The monoisotopic (exact) mass is 444 g/mol. The summed E-state index contributed by atoms with van der Waals surface area (Å²) in [5.74, 6) is 0.317. The smallest absolute Gasteiger partial charge is 0.265 e. The first-order chi connectivity index (χ1) is 13.0. The van der Waals surface area contributed by atoms with Gasteiger partial charge in [0.05, 0.1) is 29.3 Å². The third-order valence-electron chi connectivity index (χ3n) is 4.65. The van der Waals surface area contributed by atoms with Crippen LogP contribution in [0.4, 0.5) is 11.4 Å². The molecule has 0 amide bonds. The number of hydrogen-bond acceptors (Lipinski definition) is 5. The lowest BCUT2D eigenvalue weighted by Crippen LogP contribution is -2.25. The Balaban J connectivity index is 1.95. The van der Waals surface area contributed by atoms with E-state index in [0.29, 0.717) is 18.7 Å². The zero-order chi connectivity index (χ0) is 20.7. The van der Waals surface area contributed by atoms with Crippen LogP contribution in [0, 0.1) is 13.8 Å². The summed E-state index contributed by atoms with van der Waals surface area (Å²) < 4.78 is 58.8. The van der Waals surface area contributed by atoms with Gasteiger partial charge in [-0.15, -0.1) is 0 Å². The maximum absolute atomic E-state index is 12.9. The van der Waals surface area contributed by atoms with Crippen LogP contribution in [-0.4, -0.2) is 36.2 Å². The topological polar surface area (TPSA) is 92.8 Å². The van der Waals surface area contributed by atoms with Crippen LogP contribution in [0.25, 0.3) is 0 Å². The van der Waals surface area contributed by atoms with Gasteiger partial charge in [0.1, 0.15) is 10.6 Å². The van der Waals surface area contributed by atoms with Gasteiger partial charge in [-0.3, -0.25) is 9.03 Å². The van der Waals surface area contributed by atoms with Crippen LogP contribution in [0.5, 0.6) is 5.75 Å². The molecule has 2 aromatic rings. The number of nitrogens with zero attached hydrogens (tertiary/aromatic N) is 1. The quantitative estimate of drug-likeness (QED) is 0.763. The second kappa shape index (κ2) is 7.46. The normalized spacial score (nSPS) is 16.2. The third-order valence-corrected chi connectivity index (χ3v) is 8.22. The van der Waals surface area contributed by atoms with Crippen molar-refractivity contribution in [1.82, 2.24) is 0 Å². The number of sulfonamides is 2. The molecule has 0 aromatic heterocycles. The lowest BCUT2D eigenvalue weighted by molar-refractivity contribution is 0.402. The molecule has 1 fully saturated rings. The minimum Gasteiger partial charge on any atom is -0.495 e. The molecule has 1 N–H and O–H groups in total. The second-order valence-corrected chi connectivity index (χ2v) is 10.7. The molecule has 10 heteroatoms. The number of hydrogen-bond donors (Lipinski definition) is 1. The Kier molecular flexibility index (Phi) is 5.53. The number of anilines is 2. The van der Waals surface area contributed by atoms with E-state index in [2.05, 4.69) is 4.72 Å². The highest BCUT2D eigenvalue weighted by Crippen LogP contribution is 2.34. The zero-order valence-corrected chi connectivity index (χ0v) is 18.1. The molecule has 0 atom stereocenters. The maximum Gasteiger partial charge on any atom is 0.265 e. The average molecular weight is 445 g/mol. The minimum absolute atomic E-state index is 0.000337. The van der Waals surface area contributed by atoms with Crippen LogP contribution in [-0.2, 0) is 20.0 Å². The summed E-state index contributed by atoms with van der Waals surface area (Å²) in [7, 11) is -5.91. The number of ether oxygens (including phenoxy) is 1. The van der Waals surface area contributed by atoms with Gasteiger partial charge >= 0.3 is 0 Å². The summed E-state index contributed by atoms with van der Waals surface area (Å²) in [6.07, 6.45) is 0.543. The highest BCUT2D eigenvalue weighted by Gasteiger charge is 2.29. The summed E-state index contributed by atoms with van der Waals surface area (Å²) in [5, 5.41) is 0.103. The molecule has 0 radical (unpaired) electrons. The van der Waals surface area contributed by atoms with Gasteiger partial charge in [0.2, 0.25) is 10.0 Å². The molecule has 0 saturated carbocycles. The van der Waals surface area contributed by atoms with Crippen molar-refractivity contribution in [2.45, 2.75) is 25.2 Å². The zero-order valence-electron chi connectivity index (χ0n) is 15.7. The summed E-state index contributed by atoms with van der Waals surface area (Å²) in [4.78, 5) is 0.000337. The molecule has 1 aliphatic heterocycles. The SMILES string of the molecule is COc1cc(C)c(C)cc1S(=O)(=O)Nc1ccc(N2CCCS2(=O)=O)cc1Cl. The van der Waals surface area contributed by atoms with E-state index in [1.807, 2.05) is 13.8 Å². The Hall–Kier alpha value is -1.97. The Labute approximate surface area is 170 Å². The second-order valence-electron chi connectivity index (χ2n) is 6.60. The number of benzene rings is 2. The number of nitrogens with one attached hydrogen (secondary N) is 1. The maximum atomic E-state index is 12.9. The van der Waals surface area contributed by atoms with Gasteiger partial charge in [0.25, 0.3) is 10.0 Å². The molecule has 28 heavy (non-hydrogen) atoms. The first kappa shape index (κ1) is 20.8. The van der Waals surface area contributed by atoms with Crippen molar-refractivity contribution in [2.24, 2.45) is 0 Å². The molecule has 0 aliphatic carbocycles. The van der Waals surface area contributed by atoms with E-state index < -0.39 is 20.0 Å². The van der Waals surface area contributed by atoms with Crippen LogP contribution in [0.3, 0.4) is 0 Å². The van der Waals surface area contributed by atoms with Crippen LogP contribution in [0.2, 0.25) is 5.02 Å². The summed E-state index contributed by atoms with van der Waals surface area (Å²) in [5.41, 5.74) is 2.28. The van der Waals surface area contributed by atoms with Crippen molar-refractivity contribution in [3.05, 3.63) is 46.5 Å². The lowest BCUT2D eigenvalue weighted by atomic mass is 10.1. The van der Waals surface area contributed by atoms with E-state index in [0.717, 1.165) is 11.1 Å². The third kappa shape index (κ3) is 3.92. The molecule has 0 unspecified atom stereocenters. The molecule has 0 spiro atoms. The van der Waals surface area contributed by atoms with E-state index in [1.165, 1.54) is 35.7 Å². The lowest BCUT2D eigenvalue weighted by Gasteiger charge is -2.19. The van der Waals surface area contributed by atoms with E-state index in [9.17, 15) is 16.8 Å². The predicted octanol–water partition coefficient (Wildman–Crippen LogP) is 3.31. The van der Waals surface area contributed by atoms with Gasteiger partial charge in [-0.25, -0.2) is 16.8 Å². The Morgan fingerprint density at radius 1 is 1.14 bits per heavy atom. The molecule has 1 saturated heterocycles. The van der Waals surface area contributed by atoms with Crippen molar-refractivity contribution < 1.29 is 21.6 Å². The number of methoxy groups -OCH3 is 1. The van der Waals surface area contributed by atoms with Crippen LogP contribution < -0.4 is 13.8 Å². The molecule has 3 rings (SSSR count). The van der Waals surface area contributed by atoms with Gasteiger partial charge in [-0.2, -0.15) is 0 Å². The predicted molar refractivity (Wildman–Crippen MR) is 110 cm³/mol. The van der Waals surface area contributed by atoms with Crippen molar-refractivity contribution in [3.63, 3.8) is 0 Å². The first-order valence-corrected chi connectivity index (χ1v) is 12.0. The van der Waals surface area contributed by atoms with Gasteiger partial charge in [-0.1, -0.05) is 11.6 Å². The highest BCUT2D eigenvalue weighted by atomic mass is 35.5. The molecule has 152 valence electrons. The van der Waals surface area contributed by atoms with E-state index in [4.69, 9.17) is 16.3 Å². The van der Waals surface area contributed by atoms with Gasteiger partial charge < -0.3 is 4.74 Å². The average Bonchev–Trinajstić information content (AvgIpc) is 2.97. The number of halogens is 1. The van der Waals surface area contributed by atoms with Crippen molar-refractivity contribution >= 4 is 43.0 Å². The summed E-state index contributed by atoms with van der Waals surface area (Å²) in [6.45, 7) is 4.05. The fraction of sp³-hybridized carbons (Fsp3) is 0.333. The number of aryl methyl sites for hydroxylation is 2. The largest absolute Gasteiger partial charge is 0.495 e. The van der Waals surface area contributed by atoms with E-state index in [-0.39, 0.29) is 27.1 Å². The van der Waals surface area contributed by atoms with Crippen molar-refractivity contribution in [3.8, 4) is 5.75 Å². The van der Waals surface area contributed by atoms with Crippen molar-refractivity contribution in [1.29, 1.82) is 0 Å². The Morgan fingerprint density at radius 2 is 1.82 bits per heavy atom. The minimum atomic E-state index is -3.96. The summed E-state index contributed by atoms with van der Waals surface area (Å²) >= 11 is 6.24. The Morgan fingerprint density at radius 3 is 2.39 bits per heavy atom. The molecule has 2 aromatic carbocycles. The van der Waals surface area contributed by atoms with E-state index in [1.54, 1.807) is 6.07 Å².